The van der Waals surface area contributed by atoms with E-state index in [9.17, 15) is 22.8 Å². The Hall–Kier alpha value is -3.31. The van der Waals surface area contributed by atoms with Gasteiger partial charge in [-0.05, 0) is 24.6 Å². The van der Waals surface area contributed by atoms with E-state index in [-0.39, 0.29) is 29.7 Å². The van der Waals surface area contributed by atoms with Crippen LogP contribution in [0, 0.1) is 24.4 Å². The Morgan fingerprint density at radius 2 is 1.84 bits per heavy atom. The molecule has 0 spiro atoms. The Morgan fingerprint density at radius 1 is 1.16 bits per heavy atom. The molecule has 5 rings (SSSR count). The van der Waals surface area contributed by atoms with Crippen LogP contribution in [0.2, 0.25) is 0 Å². The van der Waals surface area contributed by atoms with Gasteiger partial charge in [0.05, 0.1) is 23.7 Å². The molecule has 0 saturated carbocycles. The van der Waals surface area contributed by atoms with E-state index in [1.54, 1.807) is 17.9 Å². The van der Waals surface area contributed by atoms with Gasteiger partial charge in [-0.1, -0.05) is 6.58 Å². The molecule has 3 heterocycles. The number of hydrogen-bond acceptors (Lipinski definition) is 6. The van der Waals surface area contributed by atoms with Gasteiger partial charge in [0.1, 0.15) is 23.3 Å². The summed E-state index contributed by atoms with van der Waals surface area (Å²) in [5, 5.41) is 0.663. The summed E-state index contributed by atoms with van der Waals surface area (Å²) in [6, 6.07) is 2.75. The number of aryl methyl sites for hydroxylation is 1. The zero-order valence-electron chi connectivity index (χ0n) is 20.4. The van der Waals surface area contributed by atoms with Crippen molar-refractivity contribution in [2.75, 3.05) is 50.5 Å². The summed E-state index contributed by atoms with van der Waals surface area (Å²) in [5.74, 6) is -2.30. The number of methoxy groups -OCH3 is 1. The fourth-order valence-electron chi connectivity index (χ4n) is 5.14. The van der Waals surface area contributed by atoms with E-state index in [1.807, 2.05) is 4.90 Å². The third-order valence-corrected chi connectivity index (χ3v) is 8.05. The van der Waals surface area contributed by atoms with Crippen LogP contribution in [0.4, 0.5) is 19.0 Å². The summed E-state index contributed by atoms with van der Waals surface area (Å²) in [5.41, 5.74) is 0.544. The molecule has 2 aliphatic rings. The second-order valence-electron chi connectivity index (χ2n) is 9.06. The molecule has 0 bridgehead atoms. The van der Waals surface area contributed by atoms with E-state index in [4.69, 9.17) is 4.74 Å². The lowest BCUT2D eigenvalue weighted by atomic mass is 9.96. The lowest BCUT2D eigenvalue weighted by molar-refractivity contribution is -0.126. The Labute approximate surface area is 215 Å². The molecule has 0 unspecified atom stereocenters. The Kier molecular flexibility index (Phi) is 6.76. The van der Waals surface area contributed by atoms with Crippen LogP contribution < -0.4 is 10.6 Å². The summed E-state index contributed by atoms with van der Waals surface area (Å²) in [7, 11) is 1.54. The van der Waals surface area contributed by atoms with Gasteiger partial charge >= 0.3 is 5.69 Å². The van der Waals surface area contributed by atoms with Crippen LogP contribution in [-0.4, -0.2) is 66.0 Å². The van der Waals surface area contributed by atoms with Crippen molar-refractivity contribution in [2.24, 2.45) is 0 Å². The second-order valence-corrected chi connectivity index (χ2v) is 10.1. The van der Waals surface area contributed by atoms with E-state index in [2.05, 4.69) is 11.6 Å². The van der Waals surface area contributed by atoms with Gasteiger partial charge in [-0.2, -0.15) is 4.98 Å². The number of carbonyl (C=O) groups excluding carboxylic acids is 1. The predicted molar refractivity (Wildman–Crippen MR) is 137 cm³/mol. The zero-order valence-corrected chi connectivity index (χ0v) is 21.2. The SMILES string of the molecule is C=CC(=O)N1CCN(c2nc(=O)n3c4c(c(-c5c(F)cc(F)cc5F)c(C)cc24)SC[C@@H]3COC)CC1. The van der Waals surface area contributed by atoms with Crippen molar-refractivity contribution in [1.82, 2.24) is 14.5 Å². The highest BCUT2D eigenvalue weighted by Gasteiger charge is 2.32. The summed E-state index contributed by atoms with van der Waals surface area (Å²) in [4.78, 5) is 34.0. The maximum Gasteiger partial charge on any atom is 0.350 e. The molecule has 194 valence electrons. The molecule has 0 radical (unpaired) electrons. The van der Waals surface area contributed by atoms with Gasteiger partial charge in [-0.15, -0.1) is 11.8 Å². The number of anilines is 1. The first-order chi connectivity index (χ1) is 17.7. The topological polar surface area (TPSA) is 67.7 Å². The fraction of sp³-hybridized carbons (Fsp3) is 0.346. The van der Waals surface area contributed by atoms with Crippen LogP contribution in [0.5, 0.6) is 0 Å². The van der Waals surface area contributed by atoms with E-state index in [0.717, 1.165) is 0 Å². The molecule has 11 heteroatoms. The molecule has 0 aliphatic carbocycles. The van der Waals surface area contributed by atoms with Gasteiger partial charge in [0.25, 0.3) is 0 Å². The predicted octanol–water partition coefficient (Wildman–Crippen LogP) is 3.92. The van der Waals surface area contributed by atoms with E-state index in [0.29, 0.717) is 71.2 Å². The largest absolute Gasteiger partial charge is 0.383 e. The van der Waals surface area contributed by atoms with Crippen LogP contribution >= 0.6 is 11.8 Å². The minimum Gasteiger partial charge on any atom is -0.383 e. The standard InChI is InChI=1S/C26H25F3N4O3S/c1-4-20(34)31-5-7-32(8-6-31)25-17-9-14(2)21(22-18(28)10-15(27)11-19(22)29)24-23(17)33(26(35)30-25)16(12-36-3)13-37-24/h4,9-11,16H,1,5-8,12-13H2,2-3H3/t16-/m0/s1. The molecule has 1 fully saturated rings. The quantitative estimate of drug-likeness (QED) is 0.466. The second kappa shape index (κ2) is 9.86. The van der Waals surface area contributed by atoms with Gasteiger partial charge in [0, 0.05) is 67.0 Å². The Morgan fingerprint density at radius 3 is 2.46 bits per heavy atom. The van der Waals surface area contributed by atoms with Crippen LogP contribution in [0.1, 0.15) is 11.6 Å². The van der Waals surface area contributed by atoms with Crippen LogP contribution in [0.25, 0.3) is 22.0 Å². The Bertz CT molecular complexity index is 1460. The first kappa shape index (κ1) is 25.3. The molecule has 2 aromatic carbocycles. The van der Waals surface area contributed by atoms with Crippen molar-refractivity contribution in [3.63, 3.8) is 0 Å². The smallest absolute Gasteiger partial charge is 0.350 e. The summed E-state index contributed by atoms with van der Waals surface area (Å²) < 4.78 is 50.5. The van der Waals surface area contributed by atoms with E-state index >= 15 is 0 Å². The average molecular weight is 531 g/mol. The number of amides is 1. The molecule has 1 atom stereocenters. The normalized spacial score (nSPS) is 17.4. The highest BCUT2D eigenvalue weighted by atomic mass is 32.2. The molecule has 3 aromatic rings. The number of benzene rings is 2. The van der Waals surface area contributed by atoms with Crippen molar-refractivity contribution < 1.29 is 22.7 Å². The number of rotatable bonds is 5. The molecular weight excluding hydrogens is 505 g/mol. The van der Waals surface area contributed by atoms with Crippen molar-refractivity contribution in [2.45, 2.75) is 17.9 Å². The molecule has 37 heavy (non-hydrogen) atoms. The maximum absolute atomic E-state index is 15.0. The van der Waals surface area contributed by atoms with Crippen molar-refractivity contribution >= 4 is 34.4 Å². The van der Waals surface area contributed by atoms with Crippen LogP contribution in [-0.2, 0) is 9.53 Å². The number of carbonyl (C=O) groups is 1. The van der Waals surface area contributed by atoms with Gasteiger partial charge in [0.15, 0.2) is 0 Å². The highest BCUT2D eigenvalue weighted by Crippen LogP contribution is 2.47. The zero-order chi connectivity index (χ0) is 26.4. The number of thioether (sulfide) groups is 1. The number of nitrogens with zero attached hydrogens (tertiary/aromatic N) is 4. The number of ether oxygens (including phenoxy) is 1. The van der Waals surface area contributed by atoms with Gasteiger partial charge in [-0.3, -0.25) is 9.36 Å². The number of piperazine rings is 1. The molecule has 1 amide bonds. The van der Waals surface area contributed by atoms with E-state index in [1.165, 1.54) is 29.5 Å². The molecule has 0 N–H and O–H groups in total. The lowest BCUT2D eigenvalue weighted by Crippen LogP contribution is -2.49. The maximum atomic E-state index is 15.0. The van der Waals surface area contributed by atoms with Crippen molar-refractivity contribution in [3.8, 4) is 11.1 Å². The molecular formula is C26H25F3N4O3S. The number of halogens is 3. The number of hydrogen-bond donors (Lipinski definition) is 0. The van der Waals surface area contributed by atoms with Gasteiger partial charge in [-0.25, -0.2) is 18.0 Å². The molecule has 1 saturated heterocycles. The average Bonchev–Trinajstić information content (AvgIpc) is 2.87. The third kappa shape index (κ3) is 4.29. The Balaban J connectivity index is 1.75. The van der Waals surface area contributed by atoms with Crippen molar-refractivity contribution in [1.29, 1.82) is 0 Å². The molecule has 2 aliphatic heterocycles. The highest BCUT2D eigenvalue weighted by molar-refractivity contribution is 7.99. The summed E-state index contributed by atoms with van der Waals surface area (Å²) in [6.45, 7) is 7.31. The van der Waals surface area contributed by atoms with Crippen molar-refractivity contribution in [3.05, 3.63) is 64.4 Å². The van der Waals surface area contributed by atoms with Crippen LogP contribution in [0.3, 0.4) is 0 Å². The van der Waals surface area contributed by atoms with Gasteiger partial charge < -0.3 is 14.5 Å². The monoisotopic (exact) mass is 530 g/mol. The third-order valence-electron chi connectivity index (χ3n) is 6.81. The fourth-order valence-corrected chi connectivity index (χ4v) is 6.49. The van der Waals surface area contributed by atoms with E-state index < -0.39 is 23.1 Å². The first-order valence-corrected chi connectivity index (χ1v) is 12.8. The summed E-state index contributed by atoms with van der Waals surface area (Å²) in [6.07, 6.45) is 1.27. The number of aromatic nitrogens is 2. The lowest BCUT2D eigenvalue weighted by Gasteiger charge is -2.36. The minimum atomic E-state index is -1.01. The molecule has 1 aromatic heterocycles. The minimum absolute atomic E-state index is 0.160. The molecule has 7 nitrogen and oxygen atoms in total. The summed E-state index contributed by atoms with van der Waals surface area (Å²) >= 11 is 1.38. The first-order valence-electron chi connectivity index (χ1n) is 11.8. The van der Waals surface area contributed by atoms with Crippen LogP contribution in [0.15, 0.2) is 40.5 Å². The van der Waals surface area contributed by atoms with Gasteiger partial charge in [0.2, 0.25) is 5.91 Å².